The Labute approximate surface area is 299 Å². The average molecular weight is 733 g/mol. The number of nitrogens with one attached hydrogen (secondary N) is 2. The Balaban J connectivity index is 1.63. The zero-order chi connectivity index (χ0) is 36.6. The first-order chi connectivity index (χ1) is 24.0. The molecule has 0 aliphatic carbocycles. The molecule has 2 aromatic rings. The predicted octanol–water partition coefficient (Wildman–Crippen LogP) is 8.09. The molecule has 1 atom stereocenters. The van der Waals surface area contributed by atoms with Gasteiger partial charge in [-0.2, -0.15) is 0 Å². The lowest BCUT2D eigenvalue weighted by Gasteiger charge is -2.31. The van der Waals surface area contributed by atoms with Crippen LogP contribution >= 0.6 is 0 Å². The van der Waals surface area contributed by atoms with Crippen LogP contribution in [0.25, 0.3) is 0 Å². The quantitative estimate of drug-likeness (QED) is 0.110. The fourth-order valence-corrected chi connectivity index (χ4v) is 8.58. The maximum absolute atomic E-state index is 13.7. The third-order valence-electron chi connectivity index (χ3n) is 8.84. The molecule has 0 radical (unpaired) electrons. The normalized spacial score (nSPS) is 14.4. The van der Waals surface area contributed by atoms with Crippen molar-refractivity contribution in [1.82, 2.24) is 9.03 Å². The van der Waals surface area contributed by atoms with Crippen molar-refractivity contribution in [3.8, 4) is 5.75 Å². The summed E-state index contributed by atoms with van der Waals surface area (Å²) in [6, 6.07) is 10.3. The molecule has 2 amide bonds. The van der Waals surface area contributed by atoms with Gasteiger partial charge in [0.15, 0.2) is 0 Å². The minimum atomic E-state index is -4.22. The maximum Gasteiger partial charge on any atom is 0.267 e. The van der Waals surface area contributed by atoms with Crippen LogP contribution in [0.5, 0.6) is 5.75 Å². The highest BCUT2D eigenvalue weighted by atomic mass is 32.2. The fourth-order valence-electron chi connectivity index (χ4n) is 5.85. The summed E-state index contributed by atoms with van der Waals surface area (Å²) in [6.07, 6.45) is 17.2. The summed E-state index contributed by atoms with van der Waals surface area (Å²) in [5, 5.41) is 2.74. The highest BCUT2D eigenvalue weighted by Crippen LogP contribution is 2.34. The molecule has 0 fully saturated rings. The Morgan fingerprint density at radius 2 is 1.42 bits per heavy atom. The molecule has 0 saturated carbocycles. The van der Waals surface area contributed by atoms with Crippen molar-refractivity contribution < 1.29 is 31.2 Å². The topological polar surface area (TPSA) is 151 Å². The number of amidine groups is 1. The summed E-state index contributed by atoms with van der Waals surface area (Å²) >= 11 is 0. The van der Waals surface area contributed by atoms with Gasteiger partial charge in [-0.1, -0.05) is 109 Å². The number of hydrogen-bond donors (Lipinski definition) is 2. The number of anilines is 1. The van der Waals surface area contributed by atoms with Crippen LogP contribution < -0.4 is 14.8 Å². The highest BCUT2D eigenvalue weighted by molar-refractivity contribution is 7.90. The van der Waals surface area contributed by atoms with E-state index in [9.17, 15) is 26.4 Å². The van der Waals surface area contributed by atoms with E-state index >= 15 is 0 Å². The molecule has 3 rings (SSSR count). The summed E-state index contributed by atoms with van der Waals surface area (Å²) in [7, 11) is -8.15. The Bertz CT molecular complexity index is 1660. The molecule has 1 aliphatic rings. The number of nitrogens with zero attached hydrogens (tertiary/aromatic N) is 2. The van der Waals surface area contributed by atoms with Gasteiger partial charge >= 0.3 is 0 Å². The number of ether oxygens (including phenoxy) is 1. The molecule has 11 nitrogen and oxygen atoms in total. The smallest absolute Gasteiger partial charge is 0.267 e. The molecule has 1 aliphatic heterocycles. The van der Waals surface area contributed by atoms with E-state index in [1.165, 1.54) is 109 Å². The molecule has 0 bridgehead atoms. The van der Waals surface area contributed by atoms with Crippen molar-refractivity contribution in [3.05, 3.63) is 42.5 Å². The van der Waals surface area contributed by atoms with E-state index in [0.29, 0.717) is 6.61 Å². The van der Waals surface area contributed by atoms with Gasteiger partial charge in [0.1, 0.15) is 16.5 Å². The van der Waals surface area contributed by atoms with E-state index in [-0.39, 0.29) is 45.7 Å². The Hall–Kier alpha value is -3.45. The minimum absolute atomic E-state index is 0.0250. The maximum atomic E-state index is 13.7. The molecular formula is C37H56N4O7S2. The molecule has 2 aromatic carbocycles. The van der Waals surface area contributed by atoms with Crippen LogP contribution in [0.1, 0.15) is 124 Å². The van der Waals surface area contributed by atoms with Crippen LogP contribution in [0, 0.1) is 5.92 Å². The summed E-state index contributed by atoms with van der Waals surface area (Å²) < 4.78 is 61.7. The van der Waals surface area contributed by atoms with Gasteiger partial charge in [-0.3, -0.25) is 13.9 Å². The van der Waals surface area contributed by atoms with Crippen LogP contribution in [0.15, 0.2) is 57.2 Å². The van der Waals surface area contributed by atoms with E-state index in [1.807, 2.05) is 4.72 Å². The first-order valence-electron chi connectivity index (χ1n) is 18.3. The number of rotatable bonds is 23. The van der Waals surface area contributed by atoms with Crippen LogP contribution in [0.3, 0.4) is 0 Å². The third kappa shape index (κ3) is 11.8. The fraction of sp³-hybridized carbons (Fsp3) is 0.595. The van der Waals surface area contributed by atoms with Gasteiger partial charge in [-0.25, -0.2) is 26.6 Å². The second-order valence-corrected chi connectivity index (χ2v) is 16.3. The molecule has 278 valence electrons. The van der Waals surface area contributed by atoms with Crippen LogP contribution in [-0.2, 0) is 29.6 Å². The van der Waals surface area contributed by atoms with Crippen LogP contribution in [-0.4, -0.2) is 51.9 Å². The number of hydrogen-bond acceptors (Lipinski definition) is 8. The number of amides is 2. The van der Waals surface area contributed by atoms with Crippen molar-refractivity contribution in [3.63, 3.8) is 0 Å². The molecule has 13 heteroatoms. The zero-order valence-corrected chi connectivity index (χ0v) is 31.8. The predicted molar refractivity (Wildman–Crippen MR) is 199 cm³/mol. The lowest BCUT2D eigenvalue weighted by atomic mass is 10.0. The number of sulfonamides is 2. The number of carbonyl (C=O) groups is 2. The van der Waals surface area contributed by atoms with Gasteiger partial charge < -0.3 is 10.1 Å². The number of aliphatic imine (C=N–C) groups is 1. The zero-order valence-electron chi connectivity index (χ0n) is 30.2. The van der Waals surface area contributed by atoms with Crippen molar-refractivity contribution in [2.24, 2.45) is 10.9 Å². The van der Waals surface area contributed by atoms with E-state index in [0.717, 1.165) is 23.6 Å². The van der Waals surface area contributed by atoms with Crippen molar-refractivity contribution in [2.45, 2.75) is 134 Å². The van der Waals surface area contributed by atoms with Crippen molar-refractivity contribution in [2.75, 3.05) is 18.5 Å². The number of carbonyl (C=O) groups excluding carboxylic acids is 2. The average Bonchev–Trinajstić information content (AvgIpc) is 3.09. The van der Waals surface area contributed by atoms with E-state index in [4.69, 9.17) is 4.74 Å². The molecule has 1 heterocycles. The molecule has 0 spiro atoms. The van der Waals surface area contributed by atoms with Crippen LogP contribution in [0.4, 0.5) is 11.4 Å². The Morgan fingerprint density at radius 1 is 0.840 bits per heavy atom. The van der Waals surface area contributed by atoms with Gasteiger partial charge in [-0.05, 0) is 50.6 Å². The van der Waals surface area contributed by atoms with E-state index in [2.05, 4.69) is 17.2 Å². The molecule has 2 N–H and O–H groups in total. The minimum Gasteiger partial charge on any atom is -0.491 e. The standard InChI is InChI=1S/C37H56N4O7S2/c1-5-8-9-10-11-12-13-14-15-16-17-18-19-22-27-48-33-26-25-30(49(44,45)40-35(42)6-2)28-32(33)39-37(43)29(4)36-38-31-23-20-21-24-34(31)50(46,47)41(36)7-3/h20-21,23-26,28-29H,5-19,22,27H2,1-4H3,(H,39,43)(H,40,42). The van der Waals surface area contributed by atoms with Gasteiger partial charge in [-0.15, -0.1) is 0 Å². The highest BCUT2D eigenvalue weighted by Gasteiger charge is 2.37. The Morgan fingerprint density at radius 3 is 2.00 bits per heavy atom. The first-order valence-corrected chi connectivity index (χ1v) is 21.2. The van der Waals surface area contributed by atoms with Gasteiger partial charge in [0.2, 0.25) is 11.8 Å². The van der Waals surface area contributed by atoms with Crippen LogP contribution in [0.2, 0.25) is 0 Å². The van der Waals surface area contributed by atoms with Crippen molar-refractivity contribution >= 4 is 49.1 Å². The van der Waals surface area contributed by atoms with Gasteiger partial charge in [0.25, 0.3) is 20.0 Å². The molecule has 0 aromatic heterocycles. The third-order valence-corrected chi connectivity index (χ3v) is 12.1. The largest absolute Gasteiger partial charge is 0.491 e. The number of para-hydroxylation sites is 1. The van der Waals surface area contributed by atoms with Gasteiger partial charge in [0.05, 0.1) is 28.8 Å². The second-order valence-electron chi connectivity index (χ2n) is 12.8. The first kappa shape index (κ1) is 41.0. The molecule has 0 saturated heterocycles. The van der Waals surface area contributed by atoms with E-state index in [1.54, 1.807) is 25.1 Å². The SMILES string of the molecule is CCCCCCCCCCCCCCCCOc1ccc(S(=O)(=O)NC(=O)CC)cc1NC(=O)C(C)C1=Nc2ccccc2S(=O)(=O)N1CC. The number of benzene rings is 2. The number of unbranched alkanes of at least 4 members (excludes halogenated alkanes) is 13. The molecule has 1 unspecified atom stereocenters. The number of fused-ring (bicyclic) bond motifs is 1. The summed E-state index contributed by atoms with van der Waals surface area (Å²) in [5.41, 5.74) is 0.325. The Kier molecular flexibility index (Phi) is 16.7. The molecule has 50 heavy (non-hydrogen) atoms. The summed E-state index contributed by atoms with van der Waals surface area (Å²) in [4.78, 5) is 29.9. The second kappa shape index (κ2) is 20.4. The lowest BCUT2D eigenvalue weighted by Crippen LogP contribution is -2.45. The monoisotopic (exact) mass is 732 g/mol. The molecular weight excluding hydrogens is 677 g/mol. The van der Waals surface area contributed by atoms with Gasteiger partial charge in [0, 0.05) is 13.0 Å². The summed E-state index contributed by atoms with van der Waals surface area (Å²) in [6.45, 7) is 7.41. The van der Waals surface area contributed by atoms with E-state index < -0.39 is 37.8 Å². The summed E-state index contributed by atoms with van der Waals surface area (Å²) in [5.74, 6) is -2.00. The lowest BCUT2D eigenvalue weighted by molar-refractivity contribution is -0.119. The van der Waals surface area contributed by atoms with Crippen molar-refractivity contribution in [1.29, 1.82) is 0 Å².